The van der Waals surface area contributed by atoms with Crippen molar-refractivity contribution in [2.45, 2.75) is 32.1 Å². The quantitative estimate of drug-likeness (QED) is 0.555. The van der Waals surface area contributed by atoms with Gasteiger partial charge in [-0.25, -0.2) is 0 Å². The van der Waals surface area contributed by atoms with Crippen molar-refractivity contribution in [1.82, 2.24) is 4.90 Å². The summed E-state index contributed by atoms with van der Waals surface area (Å²) in [4.78, 5) is 4.78. The van der Waals surface area contributed by atoms with E-state index in [9.17, 15) is 0 Å². The molecule has 0 radical (unpaired) electrons. The first-order valence-corrected chi connectivity index (χ1v) is 8.82. The van der Waals surface area contributed by atoms with Gasteiger partial charge in [-0.1, -0.05) is 18.2 Å². The molecule has 1 aliphatic rings. The van der Waals surface area contributed by atoms with Gasteiger partial charge in [0.25, 0.3) is 0 Å². The summed E-state index contributed by atoms with van der Waals surface area (Å²) in [6.07, 6.45) is 10.0. The minimum absolute atomic E-state index is 0.919. The molecule has 0 aliphatic carbocycles. The summed E-state index contributed by atoms with van der Waals surface area (Å²) in [6, 6.07) is 6.61. The Balaban J connectivity index is 1.87. The molecule has 1 heterocycles. The van der Waals surface area contributed by atoms with E-state index in [1.54, 1.807) is 0 Å². The maximum Gasteiger partial charge on any atom is 0.0600 e. The Kier molecular flexibility index (Phi) is 7.21. The van der Waals surface area contributed by atoms with Crippen LogP contribution in [0, 0.1) is 0 Å². The van der Waals surface area contributed by atoms with Gasteiger partial charge in [-0.05, 0) is 56.3 Å². The zero-order chi connectivity index (χ0) is 16.5. The molecule has 0 aromatic heterocycles. The molecule has 3 nitrogen and oxygen atoms in total. The highest BCUT2D eigenvalue weighted by Crippen LogP contribution is 2.27. The highest BCUT2D eigenvalue weighted by atomic mass is 15.1. The van der Waals surface area contributed by atoms with Gasteiger partial charge < -0.3 is 10.6 Å². The Labute approximate surface area is 141 Å². The second kappa shape index (κ2) is 9.41. The number of nitrogens with two attached hydrogens (primary N) is 1. The van der Waals surface area contributed by atoms with Crippen LogP contribution in [0.25, 0.3) is 0 Å². The lowest BCUT2D eigenvalue weighted by Gasteiger charge is -2.30. The van der Waals surface area contributed by atoms with Crippen molar-refractivity contribution in [2.24, 2.45) is 0 Å². The Hall–Kier alpha value is -1.74. The van der Waals surface area contributed by atoms with E-state index in [1.807, 2.05) is 12.2 Å². The van der Waals surface area contributed by atoms with E-state index in [0.717, 1.165) is 51.3 Å². The first-order chi connectivity index (χ1) is 11.2. The average Bonchev–Trinajstić information content (AvgIpc) is 2.56. The third-order valence-corrected chi connectivity index (χ3v) is 4.50. The lowest BCUT2D eigenvalue weighted by Crippen LogP contribution is -2.30. The number of nitrogens with zero attached hydrogens (tertiary/aromatic N) is 2. The summed E-state index contributed by atoms with van der Waals surface area (Å²) in [7, 11) is 0. The zero-order valence-electron chi connectivity index (χ0n) is 14.3. The van der Waals surface area contributed by atoms with Crippen LogP contribution in [-0.4, -0.2) is 37.6 Å². The third-order valence-electron chi connectivity index (χ3n) is 4.50. The molecule has 1 aromatic rings. The highest BCUT2D eigenvalue weighted by molar-refractivity contribution is 5.68. The fourth-order valence-electron chi connectivity index (χ4n) is 3.31. The van der Waals surface area contributed by atoms with Gasteiger partial charge in [0.05, 0.1) is 11.4 Å². The fraction of sp³-hybridized carbons (Fsp3) is 0.500. The minimum Gasteiger partial charge on any atom is -0.397 e. The fourth-order valence-corrected chi connectivity index (χ4v) is 3.31. The van der Waals surface area contributed by atoms with Crippen LogP contribution in [0.4, 0.5) is 11.4 Å². The molecule has 0 atom stereocenters. The van der Waals surface area contributed by atoms with E-state index in [2.05, 4.69) is 41.2 Å². The minimum atomic E-state index is 0.919. The smallest absolute Gasteiger partial charge is 0.0600 e. The van der Waals surface area contributed by atoms with E-state index in [0.29, 0.717) is 0 Å². The van der Waals surface area contributed by atoms with Gasteiger partial charge in [-0.2, -0.15) is 0 Å². The lowest BCUT2D eigenvalue weighted by atomic mass is 10.1. The predicted molar refractivity (Wildman–Crippen MR) is 102 cm³/mol. The summed E-state index contributed by atoms with van der Waals surface area (Å²) in [5.74, 6) is 0. The van der Waals surface area contributed by atoms with Crippen LogP contribution >= 0.6 is 0 Å². The monoisotopic (exact) mass is 313 g/mol. The molecule has 0 saturated carbocycles. The average molecular weight is 313 g/mol. The normalized spacial score (nSPS) is 14.9. The van der Waals surface area contributed by atoms with Gasteiger partial charge in [-0.15, -0.1) is 13.2 Å². The van der Waals surface area contributed by atoms with Gasteiger partial charge in [0, 0.05) is 26.2 Å². The van der Waals surface area contributed by atoms with E-state index >= 15 is 0 Å². The molecule has 0 spiro atoms. The molecule has 1 aromatic carbocycles. The topological polar surface area (TPSA) is 32.5 Å². The number of benzene rings is 1. The van der Waals surface area contributed by atoms with Crippen LogP contribution < -0.4 is 10.6 Å². The molecule has 2 N–H and O–H groups in total. The molecular formula is C20H31N3. The van der Waals surface area contributed by atoms with Gasteiger partial charge in [0.1, 0.15) is 0 Å². The van der Waals surface area contributed by atoms with Crippen LogP contribution in [0.5, 0.6) is 0 Å². The number of hydrogen-bond acceptors (Lipinski definition) is 3. The predicted octanol–water partition coefficient (Wildman–Crippen LogP) is 3.87. The number of nitrogen functional groups attached to an aromatic ring is 1. The number of piperidine rings is 1. The standard InChI is InChI=1S/C20H31N3/c1-3-12-22(13-4-2)14-8-9-18-10-11-20(19(21)17-18)23-15-6-5-7-16-23/h3-4,10-11,17H,1-2,5-9,12-16,21H2. The van der Waals surface area contributed by atoms with Crippen molar-refractivity contribution >= 4 is 11.4 Å². The van der Waals surface area contributed by atoms with Crippen LogP contribution in [0.3, 0.4) is 0 Å². The molecule has 0 amide bonds. The Morgan fingerprint density at radius 3 is 2.39 bits per heavy atom. The van der Waals surface area contributed by atoms with Crippen LogP contribution in [-0.2, 0) is 6.42 Å². The number of rotatable bonds is 9. The van der Waals surface area contributed by atoms with Gasteiger partial charge in [0.15, 0.2) is 0 Å². The maximum absolute atomic E-state index is 6.30. The second-order valence-corrected chi connectivity index (χ2v) is 6.38. The largest absolute Gasteiger partial charge is 0.397 e. The third kappa shape index (κ3) is 5.43. The number of hydrogen-bond donors (Lipinski definition) is 1. The van der Waals surface area contributed by atoms with Crippen molar-refractivity contribution in [1.29, 1.82) is 0 Å². The molecule has 1 aliphatic heterocycles. The van der Waals surface area contributed by atoms with Gasteiger partial charge in [0.2, 0.25) is 0 Å². The van der Waals surface area contributed by atoms with Crippen molar-refractivity contribution < 1.29 is 0 Å². The number of aryl methyl sites for hydroxylation is 1. The first kappa shape index (κ1) is 17.6. The van der Waals surface area contributed by atoms with Crippen LogP contribution in [0.1, 0.15) is 31.2 Å². The summed E-state index contributed by atoms with van der Waals surface area (Å²) >= 11 is 0. The molecule has 23 heavy (non-hydrogen) atoms. The Bertz CT molecular complexity index is 494. The van der Waals surface area contributed by atoms with E-state index < -0.39 is 0 Å². The summed E-state index contributed by atoms with van der Waals surface area (Å²) in [6.45, 7) is 12.8. The molecule has 0 bridgehead atoms. The van der Waals surface area contributed by atoms with E-state index in [1.165, 1.54) is 30.5 Å². The van der Waals surface area contributed by atoms with Crippen molar-refractivity contribution in [2.75, 3.05) is 43.4 Å². The van der Waals surface area contributed by atoms with Gasteiger partial charge >= 0.3 is 0 Å². The van der Waals surface area contributed by atoms with E-state index in [4.69, 9.17) is 5.73 Å². The molecule has 126 valence electrons. The zero-order valence-corrected chi connectivity index (χ0v) is 14.3. The number of anilines is 2. The second-order valence-electron chi connectivity index (χ2n) is 6.38. The Morgan fingerprint density at radius 2 is 1.78 bits per heavy atom. The Morgan fingerprint density at radius 1 is 1.09 bits per heavy atom. The SMILES string of the molecule is C=CCN(CC=C)CCCc1ccc(N2CCCCC2)c(N)c1. The molecule has 3 heteroatoms. The molecule has 2 rings (SSSR count). The molecular weight excluding hydrogens is 282 g/mol. The maximum atomic E-state index is 6.30. The lowest BCUT2D eigenvalue weighted by molar-refractivity contribution is 0.330. The van der Waals surface area contributed by atoms with Crippen molar-refractivity contribution in [3.05, 3.63) is 49.1 Å². The summed E-state index contributed by atoms with van der Waals surface area (Å²) in [5, 5.41) is 0. The first-order valence-electron chi connectivity index (χ1n) is 8.82. The molecule has 0 unspecified atom stereocenters. The van der Waals surface area contributed by atoms with Crippen molar-refractivity contribution in [3.63, 3.8) is 0 Å². The van der Waals surface area contributed by atoms with Gasteiger partial charge in [-0.3, -0.25) is 4.90 Å². The van der Waals surface area contributed by atoms with Crippen LogP contribution in [0.2, 0.25) is 0 Å². The molecule has 1 saturated heterocycles. The molecule has 1 fully saturated rings. The van der Waals surface area contributed by atoms with Crippen LogP contribution in [0.15, 0.2) is 43.5 Å². The highest BCUT2D eigenvalue weighted by Gasteiger charge is 2.13. The van der Waals surface area contributed by atoms with E-state index in [-0.39, 0.29) is 0 Å². The summed E-state index contributed by atoms with van der Waals surface area (Å²) < 4.78 is 0. The van der Waals surface area contributed by atoms with Crippen molar-refractivity contribution in [3.8, 4) is 0 Å². The summed E-state index contributed by atoms with van der Waals surface area (Å²) in [5.41, 5.74) is 9.78.